The monoisotopic (exact) mass is 522 g/mol. The first-order chi connectivity index (χ1) is 17.2. The molecule has 0 aliphatic rings. The van der Waals surface area contributed by atoms with E-state index in [1.807, 2.05) is 19.9 Å². The second kappa shape index (κ2) is 21.7. The topological polar surface area (TPSA) is 87.1 Å². The van der Waals surface area contributed by atoms with Crippen LogP contribution in [-0.2, 0) is 9.47 Å². The second-order valence-corrected chi connectivity index (χ2v) is 9.83. The molecule has 2 rings (SSSR count). The summed E-state index contributed by atoms with van der Waals surface area (Å²) in [5.74, 6) is 2.10. The Labute approximate surface area is 220 Å². The molecule has 0 N–H and O–H groups in total. The fraction of sp³-hybridized carbons (Fsp3) is 0.654. The van der Waals surface area contributed by atoms with E-state index < -0.39 is 0 Å². The zero-order valence-electron chi connectivity index (χ0n) is 21.8. The minimum atomic E-state index is -0.382. The molecular weight excluding hydrogens is 480 g/mol. The normalized spacial score (nSPS) is 10.8. The van der Waals surface area contributed by atoms with E-state index >= 15 is 0 Å². The largest absolute Gasteiger partial charge is 0.347 e. The summed E-state index contributed by atoms with van der Waals surface area (Å²) in [7, 11) is 0. The summed E-state index contributed by atoms with van der Waals surface area (Å²) in [6.45, 7) is 9.54. The van der Waals surface area contributed by atoms with E-state index in [2.05, 4.69) is 33.8 Å². The lowest BCUT2D eigenvalue weighted by molar-refractivity contribution is -0.143. The Morgan fingerprint density at radius 2 is 1.31 bits per heavy atom. The highest BCUT2D eigenvalue weighted by atomic mass is 32.2. The maximum Gasteiger partial charge on any atom is 0.201 e. The molecule has 35 heavy (non-hydrogen) atoms. The molecule has 0 amide bonds. The molecule has 7 nitrogen and oxygen atoms in total. The number of aldehydes is 1. The molecule has 0 radical (unpaired) electrons. The molecule has 0 bridgehead atoms. The van der Waals surface area contributed by atoms with E-state index in [4.69, 9.17) is 9.47 Å². The van der Waals surface area contributed by atoms with Crippen LogP contribution in [0.1, 0.15) is 102 Å². The number of unbranched alkanes of at least 4 members (excludes halogenated alkanes) is 6. The summed E-state index contributed by atoms with van der Waals surface area (Å²) >= 11 is 3.32. The third kappa shape index (κ3) is 15.2. The first-order valence-electron chi connectivity index (χ1n) is 12.8. The van der Waals surface area contributed by atoms with Gasteiger partial charge in [0.2, 0.25) is 6.29 Å². The number of hydrogen-bond acceptors (Lipinski definition) is 9. The van der Waals surface area contributed by atoms with Crippen LogP contribution in [0.5, 0.6) is 0 Å². The molecule has 0 unspecified atom stereocenters. The summed E-state index contributed by atoms with van der Waals surface area (Å²) in [5, 5.41) is 1.51. The van der Waals surface area contributed by atoms with Crippen LogP contribution in [0, 0.1) is 0 Å². The highest BCUT2D eigenvalue weighted by Crippen LogP contribution is 2.21. The van der Waals surface area contributed by atoms with Crippen molar-refractivity contribution in [1.82, 2.24) is 19.9 Å². The quantitative estimate of drug-likeness (QED) is 0.0664. The summed E-state index contributed by atoms with van der Waals surface area (Å²) in [6.07, 6.45) is 13.8. The van der Waals surface area contributed by atoms with Crippen molar-refractivity contribution >= 4 is 29.8 Å². The number of ether oxygens (including phenoxy) is 2. The smallest absolute Gasteiger partial charge is 0.201 e. The van der Waals surface area contributed by atoms with Gasteiger partial charge in [0.25, 0.3) is 0 Å². The summed E-state index contributed by atoms with van der Waals surface area (Å²) in [5.41, 5.74) is 1.26. The predicted molar refractivity (Wildman–Crippen MR) is 145 cm³/mol. The number of carbonyl (C=O) groups excluding carboxylic acids is 1. The third-order valence-corrected chi connectivity index (χ3v) is 6.66. The molecule has 0 aliphatic heterocycles. The predicted octanol–water partition coefficient (Wildman–Crippen LogP) is 7.18. The fourth-order valence-corrected chi connectivity index (χ4v) is 4.62. The number of hydrogen-bond donors (Lipinski definition) is 0. The molecule has 2 aromatic rings. The van der Waals surface area contributed by atoms with Crippen molar-refractivity contribution in [1.29, 1.82) is 0 Å². The van der Waals surface area contributed by atoms with E-state index in [9.17, 15) is 4.79 Å². The Bertz CT molecular complexity index is 793. The lowest BCUT2D eigenvalue weighted by atomic mass is 10.2. The molecule has 0 fully saturated rings. The minimum Gasteiger partial charge on any atom is -0.347 e. The van der Waals surface area contributed by atoms with E-state index in [0.717, 1.165) is 28.6 Å². The number of nitrogens with zero attached hydrogens (tertiary/aromatic N) is 4. The molecule has 0 aliphatic carbocycles. The standard InChI is InChI=1S/C15H26N2O2S.C11H16N2OS/c1-4-7-8-9-12-20-15-16-11-10-13(17-15)14(18-5-2)19-6-3;1-2-3-4-5-8-15-11-12-7-6-10(9-14)13-11/h10-11,14H,4-9,12H2,1-3H3;6-7,9H,2-5,8H2,1H3. The van der Waals surface area contributed by atoms with Gasteiger partial charge < -0.3 is 9.47 Å². The average Bonchev–Trinajstić information content (AvgIpc) is 2.89. The van der Waals surface area contributed by atoms with Gasteiger partial charge in [-0.3, -0.25) is 4.79 Å². The summed E-state index contributed by atoms with van der Waals surface area (Å²) in [6, 6.07) is 3.48. The zero-order chi connectivity index (χ0) is 25.6. The van der Waals surface area contributed by atoms with E-state index in [1.165, 1.54) is 51.4 Å². The van der Waals surface area contributed by atoms with E-state index in [-0.39, 0.29) is 6.29 Å². The van der Waals surface area contributed by atoms with Gasteiger partial charge in [0.15, 0.2) is 16.6 Å². The van der Waals surface area contributed by atoms with Crippen LogP contribution in [0.4, 0.5) is 0 Å². The molecule has 2 aromatic heterocycles. The van der Waals surface area contributed by atoms with Gasteiger partial charge >= 0.3 is 0 Å². The van der Waals surface area contributed by atoms with Gasteiger partial charge in [0, 0.05) is 37.1 Å². The molecule has 0 saturated heterocycles. The van der Waals surface area contributed by atoms with Gasteiger partial charge in [-0.25, -0.2) is 19.9 Å². The van der Waals surface area contributed by atoms with Gasteiger partial charge in [-0.05, 0) is 38.8 Å². The summed E-state index contributed by atoms with van der Waals surface area (Å²) < 4.78 is 11.1. The highest BCUT2D eigenvalue weighted by molar-refractivity contribution is 7.99. The SMILES string of the molecule is CCCCCCSc1nccc(C(OCC)OCC)n1.CCCCCCSc1nccc(C=O)n1. The maximum absolute atomic E-state index is 10.5. The molecule has 2 heterocycles. The van der Waals surface area contributed by atoms with E-state index in [0.29, 0.717) is 24.1 Å². The minimum absolute atomic E-state index is 0.382. The molecule has 0 atom stereocenters. The first-order valence-corrected chi connectivity index (χ1v) is 14.7. The average molecular weight is 523 g/mol. The van der Waals surface area contributed by atoms with Crippen molar-refractivity contribution in [2.45, 2.75) is 95.7 Å². The van der Waals surface area contributed by atoms with Gasteiger partial charge in [0.1, 0.15) is 11.4 Å². The van der Waals surface area contributed by atoms with Crippen LogP contribution in [-0.4, -0.2) is 50.9 Å². The van der Waals surface area contributed by atoms with Gasteiger partial charge in [-0.1, -0.05) is 75.9 Å². The fourth-order valence-electron chi connectivity index (χ4n) is 2.95. The maximum atomic E-state index is 10.5. The van der Waals surface area contributed by atoms with Crippen molar-refractivity contribution in [2.75, 3.05) is 24.7 Å². The lowest BCUT2D eigenvalue weighted by Gasteiger charge is -2.16. The van der Waals surface area contributed by atoms with Crippen LogP contribution in [0.2, 0.25) is 0 Å². The van der Waals surface area contributed by atoms with Gasteiger partial charge in [-0.15, -0.1) is 0 Å². The highest BCUT2D eigenvalue weighted by Gasteiger charge is 2.13. The summed E-state index contributed by atoms with van der Waals surface area (Å²) in [4.78, 5) is 27.5. The molecule has 196 valence electrons. The van der Waals surface area contributed by atoms with Crippen LogP contribution in [0.3, 0.4) is 0 Å². The Morgan fingerprint density at radius 1 is 0.771 bits per heavy atom. The zero-order valence-corrected chi connectivity index (χ0v) is 23.4. The number of aromatic nitrogens is 4. The first kappa shape index (κ1) is 31.5. The molecule has 0 saturated carbocycles. The number of rotatable bonds is 18. The van der Waals surface area contributed by atoms with Gasteiger partial charge in [0.05, 0.1) is 0 Å². The second-order valence-electron chi connectivity index (χ2n) is 7.71. The Balaban J connectivity index is 0.000000365. The van der Waals surface area contributed by atoms with Crippen molar-refractivity contribution < 1.29 is 14.3 Å². The third-order valence-electron chi connectivity index (χ3n) is 4.77. The molecule has 0 aromatic carbocycles. The molecule has 9 heteroatoms. The Kier molecular flexibility index (Phi) is 19.5. The van der Waals surface area contributed by atoms with Crippen molar-refractivity contribution in [3.05, 3.63) is 35.9 Å². The molecule has 0 spiro atoms. The van der Waals surface area contributed by atoms with Gasteiger partial charge in [-0.2, -0.15) is 0 Å². The van der Waals surface area contributed by atoms with Crippen LogP contribution >= 0.6 is 23.5 Å². The van der Waals surface area contributed by atoms with Crippen molar-refractivity contribution in [3.63, 3.8) is 0 Å². The van der Waals surface area contributed by atoms with Crippen LogP contribution < -0.4 is 0 Å². The number of thioether (sulfide) groups is 2. The Hall–Kier alpha value is -1.55. The van der Waals surface area contributed by atoms with E-state index in [1.54, 1.807) is 42.0 Å². The van der Waals surface area contributed by atoms with Crippen LogP contribution in [0.15, 0.2) is 34.8 Å². The van der Waals surface area contributed by atoms with Crippen molar-refractivity contribution in [2.24, 2.45) is 0 Å². The lowest BCUT2D eigenvalue weighted by Crippen LogP contribution is -2.11. The molecular formula is C26H42N4O3S2. The number of carbonyl (C=O) groups is 1. The van der Waals surface area contributed by atoms with Crippen LogP contribution in [0.25, 0.3) is 0 Å². The Morgan fingerprint density at radius 3 is 1.83 bits per heavy atom. The van der Waals surface area contributed by atoms with Crippen molar-refractivity contribution in [3.8, 4) is 0 Å².